The van der Waals surface area contributed by atoms with E-state index in [9.17, 15) is 13.2 Å². The van der Waals surface area contributed by atoms with Gasteiger partial charge in [0.1, 0.15) is 0 Å². The van der Waals surface area contributed by atoms with Crippen molar-refractivity contribution >= 4 is 0 Å². The summed E-state index contributed by atoms with van der Waals surface area (Å²) in [7, 11) is 0. The Morgan fingerprint density at radius 2 is 1.64 bits per heavy atom. The van der Waals surface area contributed by atoms with Crippen LogP contribution in [0.1, 0.15) is 52.4 Å². The summed E-state index contributed by atoms with van der Waals surface area (Å²) in [6.45, 7) is 3.88. The highest BCUT2D eigenvalue weighted by Crippen LogP contribution is 2.30. The molecular formula is C11H19F3. The Morgan fingerprint density at radius 1 is 1.07 bits per heavy atom. The highest BCUT2D eigenvalue weighted by atomic mass is 19.4. The van der Waals surface area contributed by atoms with Crippen LogP contribution in [0, 0.1) is 0 Å². The lowest BCUT2D eigenvalue weighted by molar-refractivity contribution is -0.0944. The molecule has 0 aromatic carbocycles. The smallest absolute Gasteiger partial charge is 0.166 e. The fourth-order valence-electron chi connectivity index (χ4n) is 1.21. The van der Waals surface area contributed by atoms with Crippen LogP contribution in [0.15, 0.2) is 11.6 Å². The van der Waals surface area contributed by atoms with Crippen LogP contribution in [-0.4, -0.2) is 6.18 Å². The molecule has 0 spiro atoms. The van der Waals surface area contributed by atoms with E-state index in [1.54, 1.807) is 0 Å². The SMILES string of the molecule is CCCC/C=C(/CCCC)C(F)(F)F. The maximum atomic E-state index is 12.4. The normalized spacial score (nSPS) is 13.4. The Labute approximate surface area is 84.2 Å². The molecule has 0 unspecified atom stereocenters. The molecule has 0 rings (SSSR count). The minimum absolute atomic E-state index is 0.170. The van der Waals surface area contributed by atoms with Crippen LogP contribution in [-0.2, 0) is 0 Å². The number of hydrogen-bond acceptors (Lipinski definition) is 0. The standard InChI is InChI=1S/C11H19F3/c1-3-5-7-9-10(8-6-4-2)11(12,13)14/h9H,3-8H2,1-2H3/b10-9-. The van der Waals surface area contributed by atoms with Gasteiger partial charge in [-0.1, -0.05) is 39.2 Å². The molecule has 0 aromatic rings. The lowest BCUT2D eigenvalue weighted by Crippen LogP contribution is -2.11. The average molecular weight is 208 g/mol. The van der Waals surface area contributed by atoms with Crippen LogP contribution >= 0.6 is 0 Å². The minimum atomic E-state index is -4.12. The van der Waals surface area contributed by atoms with Gasteiger partial charge >= 0.3 is 6.18 Å². The number of hydrogen-bond donors (Lipinski definition) is 0. The van der Waals surface area contributed by atoms with E-state index in [2.05, 4.69) is 0 Å². The van der Waals surface area contributed by atoms with E-state index in [1.807, 2.05) is 13.8 Å². The van der Waals surface area contributed by atoms with Crippen molar-refractivity contribution in [2.24, 2.45) is 0 Å². The largest absolute Gasteiger partial charge is 0.412 e. The molecule has 3 heteroatoms. The van der Waals surface area contributed by atoms with Crippen LogP contribution in [0.5, 0.6) is 0 Å². The van der Waals surface area contributed by atoms with Gasteiger partial charge in [-0.3, -0.25) is 0 Å². The summed E-state index contributed by atoms with van der Waals surface area (Å²) in [4.78, 5) is 0. The second-order valence-electron chi connectivity index (χ2n) is 3.47. The molecule has 0 bridgehead atoms. The van der Waals surface area contributed by atoms with Gasteiger partial charge in [-0.2, -0.15) is 13.2 Å². The predicted octanol–water partition coefficient (Wildman–Crippen LogP) is 4.86. The van der Waals surface area contributed by atoms with Crippen molar-refractivity contribution in [2.75, 3.05) is 0 Å². The molecule has 0 atom stereocenters. The van der Waals surface area contributed by atoms with Crippen LogP contribution in [0.3, 0.4) is 0 Å². The fraction of sp³-hybridized carbons (Fsp3) is 0.818. The zero-order valence-corrected chi connectivity index (χ0v) is 8.95. The first-order valence-electron chi connectivity index (χ1n) is 5.28. The molecule has 0 fully saturated rings. The zero-order chi connectivity index (χ0) is 11.0. The quantitative estimate of drug-likeness (QED) is 0.432. The number of halogens is 3. The molecule has 0 N–H and O–H groups in total. The Balaban J connectivity index is 4.16. The molecule has 0 saturated carbocycles. The molecule has 0 nitrogen and oxygen atoms in total. The van der Waals surface area contributed by atoms with Crippen LogP contribution in [0.25, 0.3) is 0 Å². The Kier molecular flexibility index (Phi) is 6.67. The van der Waals surface area contributed by atoms with Gasteiger partial charge in [-0.05, 0) is 19.3 Å². The molecule has 0 amide bonds. The molecule has 0 heterocycles. The average Bonchev–Trinajstić information content (AvgIpc) is 2.09. The lowest BCUT2D eigenvalue weighted by atomic mass is 10.1. The topological polar surface area (TPSA) is 0 Å². The number of allylic oxidation sites excluding steroid dienone is 2. The fourth-order valence-corrected chi connectivity index (χ4v) is 1.21. The Morgan fingerprint density at radius 3 is 2.07 bits per heavy atom. The first-order valence-corrected chi connectivity index (χ1v) is 5.28. The molecule has 84 valence electrons. The van der Waals surface area contributed by atoms with Crippen molar-refractivity contribution < 1.29 is 13.2 Å². The number of unbranched alkanes of at least 4 members (excludes halogenated alkanes) is 3. The summed E-state index contributed by atoms with van der Waals surface area (Å²) < 4.78 is 37.2. The third kappa shape index (κ3) is 6.06. The highest BCUT2D eigenvalue weighted by Gasteiger charge is 2.32. The van der Waals surface area contributed by atoms with Gasteiger partial charge in [0.15, 0.2) is 0 Å². The van der Waals surface area contributed by atoms with Gasteiger partial charge in [0, 0.05) is 5.57 Å². The van der Waals surface area contributed by atoms with Crippen LogP contribution < -0.4 is 0 Å². The highest BCUT2D eigenvalue weighted by molar-refractivity contribution is 5.08. The molecule has 0 aromatic heterocycles. The number of rotatable bonds is 6. The molecule has 0 aliphatic rings. The Bertz CT molecular complexity index is 168. The van der Waals surface area contributed by atoms with Crippen molar-refractivity contribution in [3.05, 3.63) is 11.6 Å². The predicted molar refractivity (Wildman–Crippen MR) is 53.2 cm³/mol. The summed E-state index contributed by atoms with van der Waals surface area (Å²) in [6.07, 6.45) is 1.17. The van der Waals surface area contributed by atoms with Crippen LogP contribution in [0.4, 0.5) is 13.2 Å². The van der Waals surface area contributed by atoms with Crippen molar-refractivity contribution in [2.45, 2.75) is 58.5 Å². The summed E-state index contributed by atoms with van der Waals surface area (Å²) >= 11 is 0. The molecule has 0 aliphatic heterocycles. The summed E-state index contributed by atoms with van der Waals surface area (Å²) in [5, 5.41) is 0. The zero-order valence-electron chi connectivity index (χ0n) is 8.95. The van der Waals surface area contributed by atoms with Crippen molar-refractivity contribution in [3.63, 3.8) is 0 Å². The summed E-state index contributed by atoms with van der Waals surface area (Å²) in [5.41, 5.74) is -0.340. The molecule has 0 radical (unpaired) electrons. The first kappa shape index (κ1) is 13.5. The van der Waals surface area contributed by atoms with Gasteiger partial charge in [-0.15, -0.1) is 0 Å². The van der Waals surface area contributed by atoms with E-state index < -0.39 is 6.18 Å². The second-order valence-corrected chi connectivity index (χ2v) is 3.47. The van der Waals surface area contributed by atoms with E-state index in [0.29, 0.717) is 12.8 Å². The monoisotopic (exact) mass is 208 g/mol. The maximum absolute atomic E-state index is 12.4. The third-order valence-corrected chi connectivity index (χ3v) is 2.11. The van der Waals surface area contributed by atoms with E-state index in [-0.39, 0.29) is 12.0 Å². The van der Waals surface area contributed by atoms with Gasteiger partial charge in [-0.25, -0.2) is 0 Å². The second kappa shape index (κ2) is 6.91. The minimum Gasteiger partial charge on any atom is -0.166 e. The van der Waals surface area contributed by atoms with Crippen LogP contribution in [0.2, 0.25) is 0 Å². The Hall–Kier alpha value is -0.470. The summed E-state index contributed by atoms with van der Waals surface area (Å²) in [5.74, 6) is 0. The van der Waals surface area contributed by atoms with E-state index in [1.165, 1.54) is 6.08 Å². The van der Waals surface area contributed by atoms with E-state index in [4.69, 9.17) is 0 Å². The van der Waals surface area contributed by atoms with Crippen molar-refractivity contribution in [3.8, 4) is 0 Å². The summed E-state index contributed by atoms with van der Waals surface area (Å²) in [6, 6.07) is 0. The number of alkyl halides is 3. The molecule has 0 saturated heterocycles. The van der Waals surface area contributed by atoms with E-state index in [0.717, 1.165) is 19.3 Å². The third-order valence-electron chi connectivity index (χ3n) is 2.11. The molecule has 14 heavy (non-hydrogen) atoms. The van der Waals surface area contributed by atoms with Gasteiger partial charge in [0.2, 0.25) is 0 Å². The molecule has 0 aliphatic carbocycles. The lowest BCUT2D eigenvalue weighted by Gasteiger charge is -2.11. The molecular weight excluding hydrogens is 189 g/mol. The van der Waals surface area contributed by atoms with Gasteiger partial charge < -0.3 is 0 Å². The van der Waals surface area contributed by atoms with Crippen molar-refractivity contribution in [1.29, 1.82) is 0 Å². The maximum Gasteiger partial charge on any atom is 0.412 e. The van der Waals surface area contributed by atoms with E-state index >= 15 is 0 Å². The first-order chi connectivity index (χ1) is 6.52. The van der Waals surface area contributed by atoms with Crippen molar-refractivity contribution in [1.82, 2.24) is 0 Å². The van der Waals surface area contributed by atoms with Gasteiger partial charge in [0.05, 0.1) is 0 Å². The van der Waals surface area contributed by atoms with Gasteiger partial charge in [0.25, 0.3) is 0 Å².